The number of hydrogen-bond acceptors (Lipinski definition) is 2. The summed E-state index contributed by atoms with van der Waals surface area (Å²) in [6, 6.07) is 0. The van der Waals surface area contributed by atoms with E-state index in [2.05, 4.69) is 13.8 Å². The van der Waals surface area contributed by atoms with E-state index in [0.29, 0.717) is 6.10 Å². The summed E-state index contributed by atoms with van der Waals surface area (Å²) >= 11 is 0. The van der Waals surface area contributed by atoms with E-state index in [0.717, 1.165) is 19.6 Å². The van der Waals surface area contributed by atoms with Gasteiger partial charge in [0.15, 0.2) is 0 Å². The molecule has 12 heavy (non-hydrogen) atoms. The quantitative estimate of drug-likeness (QED) is 0.616. The van der Waals surface area contributed by atoms with Gasteiger partial charge in [0, 0.05) is 13.2 Å². The van der Waals surface area contributed by atoms with E-state index in [9.17, 15) is 0 Å². The van der Waals surface area contributed by atoms with Gasteiger partial charge in [-0.05, 0) is 41.0 Å². The minimum absolute atomic E-state index is 0.0381. The highest BCUT2D eigenvalue weighted by atomic mass is 16.5. The predicted molar refractivity (Wildman–Crippen MR) is 51.4 cm³/mol. The molecule has 2 heteroatoms. The van der Waals surface area contributed by atoms with E-state index in [1.54, 1.807) is 0 Å². The topological polar surface area (TPSA) is 18.5 Å². The molecule has 0 atom stereocenters. The van der Waals surface area contributed by atoms with Crippen molar-refractivity contribution < 1.29 is 9.47 Å². The molecule has 0 aromatic heterocycles. The van der Waals surface area contributed by atoms with Crippen molar-refractivity contribution >= 4 is 0 Å². The average molecular weight is 174 g/mol. The fourth-order valence-corrected chi connectivity index (χ4v) is 1.00. The first-order valence-corrected chi connectivity index (χ1v) is 4.73. The monoisotopic (exact) mass is 174 g/mol. The molecule has 0 rings (SSSR count). The molecular weight excluding hydrogens is 152 g/mol. The Morgan fingerprint density at radius 1 is 1.25 bits per heavy atom. The van der Waals surface area contributed by atoms with Crippen LogP contribution < -0.4 is 0 Å². The molecule has 0 N–H and O–H groups in total. The Kier molecular flexibility index (Phi) is 5.51. The summed E-state index contributed by atoms with van der Waals surface area (Å²) < 4.78 is 11.0. The molecule has 0 aromatic carbocycles. The molecule has 0 aliphatic rings. The Balaban J connectivity index is 3.46. The summed E-state index contributed by atoms with van der Waals surface area (Å²) in [5, 5.41) is 0. The van der Waals surface area contributed by atoms with Gasteiger partial charge in [0.1, 0.15) is 0 Å². The summed E-state index contributed by atoms with van der Waals surface area (Å²) in [6.07, 6.45) is 1.28. The summed E-state index contributed by atoms with van der Waals surface area (Å²) in [6.45, 7) is 11.9. The van der Waals surface area contributed by atoms with Gasteiger partial charge < -0.3 is 9.47 Å². The first-order valence-electron chi connectivity index (χ1n) is 4.73. The first kappa shape index (κ1) is 11.9. The molecule has 0 amide bonds. The van der Waals surface area contributed by atoms with E-state index in [1.165, 1.54) is 0 Å². The SMILES string of the molecule is CCOC(C)(C)CCOC(C)C. The Hall–Kier alpha value is -0.0800. The Labute approximate surface area is 76.3 Å². The lowest BCUT2D eigenvalue weighted by Crippen LogP contribution is -2.26. The summed E-state index contributed by atoms with van der Waals surface area (Å²) in [7, 11) is 0. The van der Waals surface area contributed by atoms with Gasteiger partial charge in [-0.25, -0.2) is 0 Å². The van der Waals surface area contributed by atoms with Crippen LogP contribution in [0.4, 0.5) is 0 Å². The van der Waals surface area contributed by atoms with Crippen LogP contribution in [0.3, 0.4) is 0 Å². The molecule has 0 aromatic rings. The Morgan fingerprint density at radius 2 is 1.83 bits per heavy atom. The van der Waals surface area contributed by atoms with Crippen LogP contribution >= 0.6 is 0 Å². The van der Waals surface area contributed by atoms with E-state index in [-0.39, 0.29) is 5.60 Å². The largest absolute Gasteiger partial charge is 0.379 e. The van der Waals surface area contributed by atoms with E-state index in [1.807, 2.05) is 20.8 Å². The van der Waals surface area contributed by atoms with Gasteiger partial charge in [0.25, 0.3) is 0 Å². The van der Waals surface area contributed by atoms with Gasteiger partial charge in [-0.2, -0.15) is 0 Å². The summed E-state index contributed by atoms with van der Waals surface area (Å²) in [5.41, 5.74) is -0.0381. The second kappa shape index (κ2) is 5.55. The summed E-state index contributed by atoms with van der Waals surface area (Å²) in [4.78, 5) is 0. The van der Waals surface area contributed by atoms with Crippen LogP contribution in [-0.4, -0.2) is 24.9 Å². The van der Waals surface area contributed by atoms with Gasteiger partial charge in [-0.15, -0.1) is 0 Å². The van der Waals surface area contributed by atoms with E-state index < -0.39 is 0 Å². The highest BCUT2D eigenvalue weighted by Gasteiger charge is 2.16. The van der Waals surface area contributed by atoms with Crippen molar-refractivity contribution in [2.24, 2.45) is 0 Å². The number of rotatable bonds is 6. The number of ether oxygens (including phenoxy) is 2. The van der Waals surface area contributed by atoms with Crippen LogP contribution in [0.1, 0.15) is 41.0 Å². The maximum Gasteiger partial charge on any atom is 0.0648 e. The molecule has 0 bridgehead atoms. The lowest BCUT2D eigenvalue weighted by molar-refractivity contribution is -0.0418. The zero-order chi connectivity index (χ0) is 9.61. The third-order valence-corrected chi connectivity index (χ3v) is 1.69. The van der Waals surface area contributed by atoms with Gasteiger partial charge in [-0.1, -0.05) is 0 Å². The number of hydrogen-bond donors (Lipinski definition) is 0. The third-order valence-electron chi connectivity index (χ3n) is 1.69. The maximum atomic E-state index is 5.53. The lowest BCUT2D eigenvalue weighted by Gasteiger charge is -2.24. The van der Waals surface area contributed by atoms with Gasteiger partial charge in [0.05, 0.1) is 11.7 Å². The van der Waals surface area contributed by atoms with Crippen molar-refractivity contribution in [3.05, 3.63) is 0 Å². The lowest BCUT2D eigenvalue weighted by atomic mass is 10.1. The molecule has 0 fully saturated rings. The molecule has 0 heterocycles. The average Bonchev–Trinajstić information content (AvgIpc) is 1.85. The van der Waals surface area contributed by atoms with Crippen LogP contribution in [0.15, 0.2) is 0 Å². The molecule has 2 nitrogen and oxygen atoms in total. The van der Waals surface area contributed by atoms with Crippen LogP contribution in [0.25, 0.3) is 0 Å². The fraction of sp³-hybridized carbons (Fsp3) is 1.00. The van der Waals surface area contributed by atoms with Crippen LogP contribution in [0.5, 0.6) is 0 Å². The van der Waals surface area contributed by atoms with Crippen molar-refractivity contribution in [3.63, 3.8) is 0 Å². The van der Waals surface area contributed by atoms with Crippen LogP contribution in [0, 0.1) is 0 Å². The van der Waals surface area contributed by atoms with Crippen LogP contribution in [-0.2, 0) is 9.47 Å². The summed E-state index contributed by atoms with van der Waals surface area (Å²) in [5.74, 6) is 0. The molecule has 0 aliphatic carbocycles. The minimum atomic E-state index is -0.0381. The van der Waals surface area contributed by atoms with Crippen molar-refractivity contribution in [2.75, 3.05) is 13.2 Å². The first-order chi connectivity index (χ1) is 5.48. The standard InChI is InChI=1S/C10H22O2/c1-6-12-10(4,5)7-8-11-9(2)3/h9H,6-8H2,1-5H3. The van der Waals surface area contributed by atoms with Crippen LogP contribution in [0.2, 0.25) is 0 Å². The van der Waals surface area contributed by atoms with Gasteiger partial charge in [0.2, 0.25) is 0 Å². The predicted octanol–water partition coefficient (Wildman–Crippen LogP) is 2.62. The molecule has 0 unspecified atom stereocenters. The second-order valence-corrected chi connectivity index (χ2v) is 3.86. The third kappa shape index (κ3) is 6.62. The van der Waals surface area contributed by atoms with Crippen molar-refractivity contribution in [3.8, 4) is 0 Å². The normalized spacial score (nSPS) is 12.5. The Morgan fingerprint density at radius 3 is 2.25 bits per heavy atom. The molecular formula is C10H22O2. The highest BCUT2D eigenvalue weighted by molar-refractivity contribution is 4.67. The van der Waals surface area contributed by atoms with E-state index >= 15 is 0 Å². The van der Waals surface area contributed by atoms with E-state index in [4.69, 9.17) is 9.47 Å². The van der Waals surface area contributed by atoms with Crippen molar-refractivity contribution in [1.29, 1.82) is 0 Å². The second-order valence-electron chi connectivity index (χ2n) is 3.86. The van der Waals surface area contributed by atoms with Crippen molar-refractivity contribution in [2.45, 2.75) is 52.7 Å². The molecule has 0 saturated carbocycles. The molecule has 0 saturated heterocycles. The van der Waals surface area contributed by atoms with Crippen molar-refractivity contribution in [1.82, 2.24) is 0 Å². The van der Waals surface area contributed by atoms with Gasteiger partial charge in [-0.3, -0.25) is 0 Å². The fourth-order valence-electron chi connectivity index (χ4n) is 1.00. The molecule has 0 radical (unpaired) electrons. The highest BCUT2D eigenvalue weighted by Crippen LogP contribution is 2.14. The zero-order valence-electron chi connectivity index (χ0n) is 9.02. The maximum absolute atomic E-state index is 5.53. The Bertz CT molecular complexity index is 108. The molecule has 0 aliphatic heterocycles. The zero-order valence-corrected chi connectivity index (χ0v) is 9.02. The smallest absolute Gasteiger partial charge is 0.0648 e. The van der Waals surface area contributed by atoms with Gasteiger partial charge >= 0.3 is 0 Å². The molecule has 0 spiro atoms. The minimum Gasteiger partial charge on any atom is -0.379 e. The molecule has 74 valence electrons.